The third-order valence-electron chi connectivity index (χ3n) is 2.89. The topological polar surface area (TPSA) is 59.0 Å². The minimum absolute atomic E-state index is 0.0110. The molecule has 0 radical (unpaired) electrons. The summed E-state index contributed by atoms with van der Waals surface area (Å²) in [5.74, 6) is 0.556. The lowest BCUT2D eigenvalue weighted by molar-refractivity contribution is -0.137. The van der Waals surface area contributed by atoms with E-state index >= 15 is 0 Å². The Kier molecular flexibility index (Phi) is 5.18. The molecule has 5 nitrogen and oxygen atoms in total. The predicted octanol–water partition coefficient (Wildman–Crippen LogP) is 1.18. The van der Waals surface area contributed by atoms with E-state index < -0.39 is 0 Å². The number of aliphatic hydroxyl groups is 1. The molecule has 1 aliphatic heterocycles. The molecule has 1 aromatic rings. The molecule has 104 valence electrons. The summed E-state index contributed by atoms with van der Waals surface area (Å²) in [6.07, 6.45) is 0. The first-order valence-corrected chi connectivity index (χ1v) is 6.87. The summed E-state index contributed by atoms with van der Waals surface area (Å²) in [5, 5.41) is 9.01. The molecule has 1 amide bonds. The fraction of sp³-hybridized carbons (Fsp3) is 0.462. The molecule has 1 fully saturated rings. The molecular formula is C13H16BrNO4. The number of hydrogen-bond acceptors (Lipinski definition) is 4. The highest BCUT2D eigenvalue weighted by Gasteiger charge is 2.17. The van der Waals surface area contributed by atoms with Crippen LogP contribution in [0.25, 0.3) is 0 Å². The van der Waals surface area contributed by atoms with E-state index in [-0.39, 0.29) is 19.1 Å². The van der Waals surface area contributed by atoms with Crippen molar-refractivity contribution in [1.82, 2.24) is 4.90 Å². The Morgan fingerprint density at radius 3 is 2.79 bits per heavy atom. The maximum absolute atomic E-state index is 11.9. The zero-order valence-corrected chi connectivity index (χ0v) is 12.1. The summed E-state index contributed by atoms with van der Waals surface area (Å²) in [6.45, 7) is 2.39. The molecule has 0 aromatic heterocycles. The molecule has 0 unspecified atom stereocenters. The highest BCUT2D eigenvalue weighted by Crippen LogP contribution is 2.26. The highest BCUT2D eigenvalue weighted by atomic mass is 79.9. The van der Waals surface area contributed by atoms with Crippen molar-refractivity contribution in [3.63, 3.8) is 0 Å². The second-order valence-electron chi connectivity index (χ2n) is 4.20. The average molecular weight is 330 g/mol. The third kappa shape index (κ3) is 3.92. The van der Waals surface area contributed by atoms with Crippen LogP contribution in [0.2, 0.25) is 0 Å². The van der Waals surface area contributed by atoms with Gasteiger partial charge in [-0.15, -0.1) is 0 Å². The Bertz CT molecular complexity index is 446. The van der Waals surface area contributed by atoms with Crippen LogP contribution in [0.5, 0.6) is 5.75 Å². The molecule has 19 heavy (non-hydrogen) atoms. The van der Waals surface area contributed by atoms with Crippen molar-refractivity contribution in [1.29, 1.82) is 0 Å². The second kappa shape index (κ2) is 6.88. The average Bonchev–Trinajstić information content (AvgIpc) is 2.46. The fourth-order valence-electron chi connectivity index (χ4n) is 1.80. The molecule has 0 spiro atoms. The monoisotopic (exact) mass is 329 g/mol. The molecule has 2 rings (SSSR count). The largest absolute Gasteiger partial charge is 0.483 e. The third-order valence-corrected chi connectivity index (χ3v) is 3.51. The van der Waals surface area contributed by atoms with Crippen molar-refractivity contribution in [2.75, 3.05) is 32.9 Å². The van der Waals surface area contributed by atoms with E-state index in [0.29, 0.717) is 32.1 Å². The van der Waals surface area contributed by atoms with Gasteiger partial charge in [0, 0.05) is 13.1 Å². The summed E-state index contributed by atoms with van der Waals surface area (Å²) in [5.41, 5.74) is 0.790. The Labute approximate surface area is 120 Å². The Balaban J connectivity index is 1.89. The number of nitrogens with zero attached hydrogens (tertiary/aromatic N) is 1. The zero-order valence-electron chi connectivity index (χ0n) is 10.5. The molecule has 1 N–H and O–H groups in total. The number of benzene rings is 1. The van der Waals surface area contributed by atoms with Crippen molar-refractivity contribution in [2.45, 2.75) is 6.61 Å². The van der Waals surface area contributed by atoms with Gasteiger partial charge in [0.25, 0.3) is 5.91 Å². The van der Waals surface area contributed by atoms with Crippen LogP contribution in [-0.2, 0) is 16.1 Å². The lowest BCUT2D eigenvalue weighted by atomic mass is 10.2. The lowest BCUT2D eigenvalue weighted by Gasteiger charge is -2.26. The van der Waals surface area contributed by atoms with E-state index in [2.05, 4.69) is 15.9 Å². The molecule has 1 aliphatic rings. The van der Waals surface area contributed by atoms with E-state index in [1.54, 1.807) is 23.1 Å². The van der Waals surface area contributed by atoms with Crippen molar-refractivity contribution >= 4 is 21.8 Å². The molecule has 0 bridgehead atoms. The second-order valence-corrected chi connectivity index (χ2v) is 5.06. The SMILES string of the molecule is O=C(COc1ccc(CO)cc1Br)N1CCOCC1. The van der Waals surface area contributed by atoms with Crippen LogP contribution in [-0.4, -0.2) is 48.8 Å². The van der Waals surface area contributed by atoms with Crippen molar-refractivity contribution in [3.05, 3.63) is 28.2 Å². The fourth-order valence-corrected chi connectivity index (χ4v) is 2.34. The maximum atomic E-state index is 11.9. The molecule has 1 saturated heterocycles. The van der Waals surface area contributed by atoms with E-state index in [4.69, 9.17) is 14.6 Å². The van der Waals surface area contributed by atoms with Crippen molar-refractivity contribution in [2.24, 2.45) is 0 Å². The molecule has 1 aromatic carbocycles. The molecule has 0 saturated carbocycles. The number of morpholine rings is 1. The highest BCUT2D eigenvalue weighted by molar-refractivity contribution is 9.10. The van der Waals surface area contributed by atoms with Crippen LogP contribution in [0.4, 0.5) is 0 Å². The number of ether oxygens (including phenoxy) is 2. The van der Waals surface area contributed by atoms with E-state index in [9.17, 15) is 4.79 Å². The molecular weight excluding hydrogens is 314 g/mol. The van der Waals surface area contributed by atoms with Crippen LogP contribution in [0.15, 0.2) is 22.7 Å². The van der Waals surface area contributed by atoms with E-state index in [0.717, 1.165) is 10.0 Å². The van der Waals surface area contributed by atoms with Gasteiger partial charge in [0.2, 0.25) is 0 Å². The molecule has 1 heterocycles. The summed E-state index contributed by atoms with van der Waals surface area (Å²) in [6, 6.07) is 5.27. The Morgan fingerprint density at radius 2 is 2.16 bits per heavy atom. The quantitative estimate of drug-likeness (QED) is 0.901. The van der Waals surface area contributed by atoms with Gasteiger partial charge in [-0.3, -0.25) is 4.79 Å². The van der Waals surface area contributed by atoms with Crippen molar-refractivity contribution < 1.29 is 19.4 Å². The van der Waals surface area contributed by atoms with Gasteiger partial charge in [0.05, 0.1) is 24.3 Å². The first-order chi connectivity index (χ1) is 9.20. The van der Waals surface area contributed by atoms with Gasteiger partial charge in [-0.2, -0.15) is 0 Å². The minimum Gasteiger partial charge on any atom is -0.483 e. The van der Waals surface area contributed by atoms with Crippen LogP contribution in [0.3, 0.4) is 0 Å². The van der Waals surface area contributed by atoms with E-state index in [1.165, 1.54) is 0 Å². The standard InChI is InChI=1S/C13H16BrNO4/c14-11-7-10(8-16)1-2-12(11)19-9-13(17)15-3-5-18-6-4-15/h1-2,7,16H,3-6,8-9H2. The maximum Gasteiger partial charge on any atom is 0.260 e. The number of aliphatic hydroxyl groups excluding tert-OH is 1. The molecule has 6 heteroatoms. The van der Waals surface area contributed by atoms with Crippen LogP contribution in [0.1, 0.15) is 5.56 Å². The van der Waals surface area contributed by atoms with E-state index in [1.807, 2.05) is 0 Å². The van der Waals surface area contributed by atoms with Gasteiger partial charge in [-0.05, 0) is 33.6 Å². The Morgan fingerprint density at radius 1 is 1.42 bits per heavy atom. The van der Waals surface area contributed by atoms with Crippen molar-refractivity contribution in [3.8, 4) is 5.75 Å². The van der Waals surface area contributed by atoms with Gasteiger partial charge in [0.15, 0.2) is 6.61 Å². The first kappa shape index (κ1) is 14.3. The summed E-state index contributed by atoms with van der Waals surface area (Å²) in [7, 11) is 0. The number of hydrogen-bond donors (Lipinski definition) is 1. The number of rotatable bonds is 4. The normalized spacial score (nSPS) is 15.4. The Hall–Kier alpha value is -1.11. The minimum atomic E-state index is -0.0403. The summed E-state index contributed by atoms with van der Waals surface area (Å²) < 4.78 is 11.4. The number of amides is 1. The number of carbonyl (C=O) groups excluding carboxylic acids is 1. The summed E-state index contributed by atoms with van der Waals surface area (Å²) >= 11 is 3.35. The number of carbonyl (C=O) groups is 1. The summed E-state index contributed by atoms with van der Waals surface area (Å²) in [4.78, 5) is 13.6. The molecule has 0 atom stereocenters. The van der Waals surface area contributed by atoms with Crippen LogP contribution in [0, 0.1) is 0 Å². The smallest absolute Gasteiger partial charge is 0.260 e. The predicted molar refractivity (Wildman–Crippen MR) is 73.0 cm³/mol. The van der Waals surface area contributed by atoms with Gasteiger partial charge in [-0.25, -0.2) is 0 Å². The van der Waals surface area contributed by atoms with Gasteiger partial charge in [-0.1, -0.05) is 6.07 Å². The zero-order chi connectivity index (χ0) is 13.7. The van der Waals surface area contributed by atoms with Gasteiger partial charge < -0.3 is 19.5 Å². The van der Waals surface area contributed by atoms with Gasteiger partial charge >= 0.3 is 0 Å². The number of halogens is 1. The van der Waals surface area contributed by atoms with Gasteiger partial charge in [0.1, 0.15) is 5.75 Å². The first-order valence-electron chi connectivity index (χ1n) is 6.08. The molecule has 0 aliphatic carbocycles. The van der Waals surface area contributed by atoms with Crippen LogP contribution >= 0.6 is 15.9 Å². The lowest BCUT2D eigenvalue weighted by Crippen LogP contribution is -2.43. The van der Waals surface area contributed by atoms with Crippen LogP contribution < -0.4 is 4.74 Å².